The van der Waals surface area contributed by atoms with Gasteiger partial charge in [-0.2, -0.15) is 5.10 Å². The molecule has 140 valence electrons. The third kappa shape index (κ3) is 4.47. The van der Waals surface area contributed by atoms with Crippen LogP contribution in [0.3, 0.4) is 0 Å². The minimum atomic E-state index is -0.328. The van der Waals surface area contributed by atoms with Gasteiger partial charge in [0.15, 0.2) is 0 Å². The molecule has 1 aromatic heterocycles. The summed E-state index contributed by atoms with van der Waals surface area (Å²) in [4.78, 5) is 12.5. The van der Waals surface area contributed by atoms with E-state index in [1.54, 1.807) is 11.8 Å². The Balaban J connectivity index is 1.93. The van der Waals surface area contributed by atoms with E-state index in [0.717, 1.165) is 22.8 Å². The molecule has 6 heteroatoms. The fourth-order valence-electron chi connectivity index (χ4n) is 2.58. The zero-order valence-corrected chi connectivity index (χ0v) is 16.0. The molecular weight excluding hydrogens is 340 g/mol. The van der Waals surface area contributed by atoms with E-state index >= 15 is 0 Å². The van der Waals surface area contributed by atoms with Gasteiger partial charge in [0.25, 0.3) is 0 Å². The van der Waals surface area contributed by atoms with E-state index < -0.39 is 0 Å². The van der Waals surface area contributed by atoms with Gasteiger partial charge in [-0.15, -0.1) is 0 Å². The number of nitrogens with one attached hydrogen (secondary N) is 2. The lowest BCUT2D eigenvalue weighted by Crippen LogP contribution is -2.21. The van der Waals surface area contributed by atoms with Crippen molar-refractivity contribution in [2.45, 2.75) is 26.2 Å². The summed E-state index contributed by atoms with van der Waals surface area (Å²) in [5.41, 5.74) is 2.25. The lowest BCUT2D eigenvalue weighted by atomic mass is 9.92. The molecule has 0 fully saturated rings. The molecule has 2 amide bonds. The van der Waals surface area contributed by atoms with E-state index in [9.17, 15) is 4.79 Å². The van der Waals surface area contributed by atoms with Crippen LogP contribution in [0.4, 0.5) is 16.3 Å². The first-order chi connectivity index (χ1) is 12.9. The number of anilines is 2. The maximum absolute atomic E-state index is 12.5. The number of ether oxygens (including phenoxy) is 1. The van der Waals surface area contributed by atoms with Gasteiger partial charge in [-0.25, -0.2) is 9.48 Å². The van der Waals surface area contributed by atoms with Gasteiger partial charge in [0.05, 0.1) is 18.5 Å². The van der Waals surface area contributed by atoms with Crippen molar-refractivity contribution in [3.8, 4) is 11.4 Å². The van der Waals surface area contributed by atoms with Gasteiger partial charge >= 0.3 is 6.03 Å². The highest BCUT2D eigenvalue weighted by molar-refractivity contribution is 5.99. The van der Waals surface area contributed by atoms with Gasteiger partial charge in [-0.05, 0) is 24.3 Å². The molecule has 0 bridgehead atoms. The van der Waals surface area contributed by atoms with E-state index in [-0.39, 0.29) is 11.4 Å². The lowest BCUT2D eigenvalue weighted by molar-refractivity contribution is 0.262. The second-order valence-electron chi connectivity index (χ2n) is 7.22. The van der Waals surface area contributed by atoms with Crippen LogP contribution >= 0.6 is 0 Å². The highest BCUT2D eigenvalue weighted by Gasteiger charge is 2.21. The molecule has 0 aliphatic carbocycles. The topological polar surface area (TPSA) is 68.2 Å². The molecule has 0 radical (unpaired) electrons. The molecule has 1 heterocycles. The molecule has 6 nitrogen and oxygen atoms in total. The van der Waals surface area contributed by atoms with Gasteiger partial charge in [-0.3, -0.25) is 5.32 Å². The number of benzene rings is 2. The zero-order valence-electron chi connectivity index (χ0n) is 16.0. The average Bonchev–Trinajstić information content (AvgIpc) is 3.06. The first-order valence-corrected chi connectivity index (χ1v) is 8.75. The summed E-state index contributed by atoms with van der Waals surface area (Å²) in [5.74, 6) is 1.31. The van der Waals surface area contributed by atoms with Gasteiger partial charge in [-0.1, -0.05) is 45.0 Å². The Morgan fingerprint density at radius 1 is 1.00 bits per heavy atom. The summed E-state index contributed by atoms with van der Waals surface area (Å²) >= 11 is 0. The van der Waals surface area contributed by atoms with Crippen molar-refractivity contribution in [2.24, 2.45) is 0 Å². The number of carbonyl (C=O) groups is 1. The van der Waals surface area contributed by atoms with Crippen molar-refractivity contribution in [1.29, 1.82) is 0 Å². The van der Waals surface area contributed by atoms with Crippen LogP contribution in [0.5, 0.6) is 5.75 Å². The highest BCUT2D eigenvalue weighted by atomic mass is 16.5. The van der Waals surface area contributed by atoms with Crippen LogP contribution in [0.2, 0.25) is 0 Å². The monoisotopic (exact) mass is 364 g/mol. The normalized spacial score (nSPS) is 11.1. The third-order valence-corrected chi connectivity index (χ3v) is 4.05. The molecule has 3 aromatic rings. The summed E-state index contributed by atoms with van der Waals surface area (Å²) in [6.07, 6.45) is 0. The third-order valence-electron chi connectivity index (χ3n) is 4.05. The van der Waals surface area contributed by atoms with E-state index in [1.165, 1.54) is 0 Å². The van der Waals surface area contributed by atoms with Crippen molar-refractivity contribution < 1.29 is 9.53 Å². The number of rotatable bonds is 4. The van der Waals surface area contributed by atoms with Crippen LogP contribution in [-0.2, 0) is 5.41 Å². The second kappa shape index (κ2) is 7.53. The Bertz CT molecular complexity index is 927. The molecule has 3 rings (SSSR count). The lowest BCUT2D eigenvalue weighted by Gasteiger charge is -2.14. The van der Waals surface area contributed by atoms with E-state index in [4.69, 9.17) is 9.84 Å². The van der Waals surface area contributed by atoms with E-state index in [1.807, 2.05) is 60.7 Å². The first kappa shape index (κ1) is 18.5. The van der Waals surface area contributed by atoms with Crippen LogP contribution in [0.25, 0.3) is 5.69 Å². The molecule has 2 N–H and O–H groups in total. The number of hydrogen-bond donors (Lipinski definition) is 2. The van der Waals surface area contributed by atoms with Crippen molar-refractivity contribution in [3.05, 3.63) is 66.4 Å². The summed E-state index contributed by atoms with van der Waals surface area (Å²) in [5, 5.41) is 10.4. The van der Waals surface area contributed by atoms with Gasteiger partial charge in [0, 0.05) is 23.2 Å². The Morgan fingerprint density at radius 3 is 2.41 bits per heavy atom. The molecule has 0 unspecified atom stereocenters. The first-order valence-electron chi connectivity index (χ1n) is 8.75. The molecule has 27 heavy (non-hydrogen) atoms. The summed E-state index contributed by atoms with van der Waals surface area (Å²) in [6, 6.07) is 18.4. The largest absolute Gasteiger partial charge is 0.497 e. The number of amides is 2. The SMILES string of the molecule is COc1cccc(-n2nc(C(C)(C)C)cc2NC(=O)Nc2ccccc2)c1. The predicted molar refractivity (Wildman–Crippen MR) is 108 cm³/mol. The van der Waals surface area contributed by atoms with Gasteiger partial charge in [0.2, 0.25) is 0 Å². The Labute approximate surface area is 159 Å². The smallest absolute Gasteiger partial charge is 0.324 e. The second-order valence-corrected chi connectivity index (χ2v) is 7.22. The minimum Gasteiger partial charge on any atom is -0.497 e. The molecule has 0 saturated carbocycles. The predicted octanol–water partition coefficient (Wildman–Crippen LogP) is 4.82. The van der Waals surface area contributed by atoms with Crippen molar-refractivity contribution in [3.63, 3.8) is 0 Å². The van der Waals surface area contributed by atoms with Crippen LogP contribution in [0.15, 0.2) is 60.7 Å². The number of urea groups is 1. The quantitative estimate of drug-likeness (QED) is 0.697. The Kier molecular flexibility index (Phi) is 5.16. The summed E-state index contributed by atoms with van der Waals surface area (Å²) < 4.78 is 7.03. The fourth-order valence-corrected chi connectivity index (χ4v) is 2.58. The number of nitrogens with zero attached hydrogens (tertiary/aromatic N) is 2. The molecular formula is C21H24N4O2. The number of para-hydroxylation sites is 1. The molecule has 0 atom stereocenters. The number of methoxy groups -OCH3 is 1. The maximum Gasteiger partial charge on any atom is 0.324 e. The van der Waals surface area contributed by atoms with Crippen molar-refractivity contribution in [2.75, 3.05) is 17.7 Å². The maximum atomic E-state index is 12.5. The molecule has 0 aliphatic rings. The van der Waals surface area contributed by atoms with Crippen molar-refractivity contribution in [1.82, 2.24) is 9.78 Å². The minimum absolute atomic E-state index is 0.156. The molecule has 0 saturated heterocycles. The van der Waals surface area contributed by atoms with Gasteiger partial charge < -0.3 is 10.1 Å². The molecule has 0 spiro atoms. The van der Waals surface area contributed by atoms with E-state index in [2.05, 4.69) is 31.4 Å². The Hall–Kier alpha value is -3.28. The number of aromatic nitrogens is 2. The zero-order chi connectivity index (χ0) is 19.4. The summed E-state index contributed by atoms with van der Waals surface area (Å²) in [7, 11) is 1.62. The number of hydrogen-bond acceptors (Lipinski definition) is 3. The summed E-state index contributed by atoms with van der Waals surface area (Å²) in [6.45, 7) is 6.25. The standard InChI is InChI=1S/C21H24N4O2/c1-21(2,3)18-14-19(23-20(26)22-15-9-6-5-7-10-15)25(24-18)16-11-8-12-17(13-16)27-4/h5-14H,1-4H3,(H2,22,23,26). The van der Waals surface area contributed by atoms with Crippen LogP contribution in [0.1, 0.15) is 26.5 Å². The fraction of sp³-hybridized carbons (Fsp3) is 0.238. The number of carbonyl (C=O) groups excluding carboxylic acids is 1. The van der Waals surface area contributed by atoms with E-state index in [0.29, 0.717) is 5.82 Å². The average molecular weight is 364 g/mol. The van der Waals surface area contributed by atoms with Crippen LogP contribution < -0.4 is 15.4 Å². The Morgan fingerprint density at radius 2 is 1.74 bits per heavy atom. The highest BCUT2D eigenvalue weighted by Crippen LogP contribution is 2.27. The van der Waals surface area contributed by atoms with Crippen LogP contribution in [-0.4, -0.2) is 22.9 Å². The molecule has 2 aromatic carbocycles. The molecule has 0 aliphatic heterocycles. The van der Waals surface area contributed by atoms with Gasteiger partial charge in [0.1, 0.15) is 11.6 Å². The van der Waals surface area contributed by atoms with Crippen LogP contribution in [0, 0.1) is 0 Å². The van der Waals surface area contributed by atoms with Crippen molar-refractivity contribution >= 4 is 17.5 Å².